The van der Waals surface area contributed by atoms with Crippen LogP contribution in [0.3, 0.4) is 0 Å². The quantitative estimate of drug-likeness (QED) is 0.516. The topological polar surface area (TPSA) is 0 Å². The van der Waals surface area contributed by atoms with E-state index < -0.39 is 0 Å². The lowest BCUT2D eigenvalue weighted by atomic mass is 9.74. The Morgan fingerprint density at radius 3 is 2.82 bits per heavy atom. The summed E-state index contributed by atoms with van der Waals surface area (Å²) in [5.41, 5.74) is 3.22. The molecule has 88 valence electrons. The lowest BCUT2D eigenvalue weighted by Crippen LogP contribution is -2.25. The average Bonchev–Trinajstić information content (AvgIpc) is 2.49. The molecule has 0 radical (unpaired) electrons. The zero-order chi connectivity index (χ0) is 12.2. The van der Waals surface area contributed by atoms with Gasteiger partial charge in [0.05, 0.1) is 0 Å². The minimum atomic E-state index is 0.227. The first-order chi connectivity index (χ1) is 8.00. The van der Waals surface area contributed by atoms with E-state index in [1.165, 1.54) is 19.2 Å². The minimum Gasteiger partial charge on any atom is -0.0753 e. The number of halogens is 2. The largest absolute Gasteiger partial charge is 0.0753 e. The van der Waals surface area contributed by atoms with Crippen molar-refractivity contribution in [2.75, 3.05) is 0 Å². The van der Waals surface area contributed by atoms with Gasteiger partial charge in [-0.15, -0.1) is 0 Å². The van der Waals surface area contributed by atoms with Crippen molar-refractivity contribution >= 4 is 38.5 Å². The normalized spacial score (nSPS) is 28.6. The maximum absolute atomic E-state index is 3.59. The second kappa shape index (κ2) is 3.95. The van der Waals surface area contributed by atoms with Gasteiger partial charge in [0.2, 0.25) is 0 Å². The molecule has 1 aromatic carbocycles. The van der Waals surface area contributed by atoms with Gasteiger partial charge in [-0.3, -0.25) is 0 Å². The van der Waals surface area contributed by atoms with E-state index in [-0.39, 0.29) is 5.41 Å². The molecule has 0 saturated carbocycles. The van der Waals surface area contributed by atoms with Gasteiger partial charge in [-0.2, -0.15) is 0 Å². The van der Waals surface area contributed by atoms with Crippen LogP contribution in [0.25, 0.3) is 0 Å². The third kappa shape index (κ3) is 1.75. The summed E-state index contributed by atoms with van der Waals surface area (Å²) in [6, 6.07) is 6.73. The maximum Gasteiger partial charge on any atom is 0.0178 e. The third-order valence-electron chi connectivity index (χ3n) is 4.09. The predicted octanol–water partition coefficient (Wildman–Crippen LogP) is 5.33. The highest BCUT2D eigenvalue weighted by molar-refractivity contribution is 14.1. The molecular weight excluding hydrogens is 387 g/mol. The molecule has 0 aromatic heterocycles. The molecule has 0 N–H and O–H groups in total. The highest BCUT2D eigenvalue weighted by atomic mass is 127. The van der Waals surface area contributed by atoms with Crippen LogP contribution < -0.4 is 0 Å². The molecule has 0 heterocycles. The molecule has 2 atom stereocenters. The van der Waals surface area contributed by atoms with Crippen LogP contribution in [-0.2, 0) is 5.41 Å². The molecular formula is C15H14BrI. The molecule has 2 heteroatoms. The summed E-state index contributed by atoms with van der Waals surface area (Å²) < 4.78 is 2.55. The van der Waals surface area contributed by atoms with Crippen molar-refractivity contribution in [1.29, 1.82) is 0 Å². The van der Waals surface area contributed by atoms with E-state index in [2.05, 4.69) is 88.8 Å². The van der Waals surface area contributed by atoms with E-state index >= 15 is 0 Å². The standard InChI is InChI=1S/C15H14BrI/c1-15(2)13-7-9(16)3-5-11(13)12-6-4-10(17)8-14(12)15/h3-8,12,14H,1-2H3. The third-order valence-corrected chi connectivity index (χ3v) is 5.30. The molecule has 2 aliphatic rings. The fourth-order valence-corrected chi connectivity index (χ4v) is 4.11. The van der Waals surface area contributed by atoms with Crippen LogP contribution in [0, 0.1) is 5.92 Å². The second-order valence-corrected chi connectivity index (χ2v) is 7.58. The van der Waals surface area contributed by atoms with Gasteiger partial charge >= 0.3 is 0 Å². The number of rotatable bonds is 0. The Kier molecular flexibility index (Phi) is 2.78. The first kappa shape index (κ1) is 12.0. The lowest BCUT2D eigenvalue weighted by molar-refractivity contribution is 0.394. The van der Waals surface area contributed by atoms with E-state index in [1.807, 2.05) is 0 Å². The van der Waals surface area contributed by atoms with Gasteiger partial charge in [0, 0.05) is 14.0 Å². The Bertz CT molecular complexity index is 540. The fraction of sp³-hybridized carbons (Fsp3) is 0.333. The molecule has 0 aliphatic heterocycles. The summed E-state index contributed by atoms with van der Waals surface area (Å²) in [6.07, 6.45) is 7.04. The molecule has 1 aromatic rings. The van der Waals surface area contributed by atoms with Gasteiger partial charge in [-0.05, 0) is 57.2 Å². The predicted molar refractivity (Wildman–Crippen MR) is 84.6 cm³/mol. The lowest BCUT2D eigenvalue weighted by Gasteiger charge is -2.30. The monoisotopic (exact) mass is 400 g/mol. The Balaban J connectivity index is 2.21. The minimum absolute atomic E-state index is 0.227. The number of hydrogen-bond acceptors (Lipinski definition) is 0. The Labute approximate surface area is 124 Å². The zero-order valence-corrected chi connectivity index (χ0v) is 13.6. The Morgan fingerprint density at radius 2 is 2.06 bits per heavy atom. The van der Waals surface area contributed by atoms with Crippen molar-refractivity contribution < 1.29 is 0 Å². The summed E-state index contributed by atoms with van der Waals surface area (Å²) in [6.45, 7) is 4.73. The maximum atomic E-state index is 3.59. The van der Waals surface area contributed by atoms with Crippen LogP contribution in [0.5, 0.6) is 0 Å². The molecule has 0 spiro atoms. The van der Waals surface area contributed by atoms with Crippen LogP contribution in [0.4, 0.5) is 0 Å². The SMILES string of the molecule is CC1(C)c2cc(Br)ccc2C2C=CC(I)=CC21. The van der Waals surface area contributed by atoms with E-state index in [0.29, 0.717) is 11.8 Å². The van der Waals surface area contributed by atoms with Crippen molar-refractivity contribution in [3.8, 4) is 0 Å². The van der Waals surface area contributed by atoms with E-state index in [1.54, 1.807) is 0 Å². The van der Waals surface area contributed by atoms with Crippen LogP contribution >= 0.6 is 38.5 Å². The fourth-order valence-electron chi connectivity index (χ4n) is 3.16. The van der Waals surface area contributed by atoms with Gasteiger partial charge in [0.25, 0.3) is 0 Å². The number of fused-ring (bicyclic) bond motifs is 3. The van der Waals surface area contributed by atoms with Crippen LogP contribution in [0.15, 0.2) is 44.5 Å². The van der Waals surface area contributed by atoms with Crippen molar-refractivity contribution in [2.45, 2.75) is 25.2 Å². The molecule has 2 aliphatic carbocycles. The van der Waals surface area contributed by atoms with E-state index in [4.69, 9.17) is 0 Å². The van der Waals surface area contributed by atoms with Crippen molar-refractivity contribution in [1.82, 2.24) is 0 Å². The first-order valence-corrected chi connectivity index (χ1v) is 7.73. The van der Waals surface area contributed by atoms with Crippen LogP contribution in [0.2, 0.25) is 0 Å². The zero-order valence-electron chi connectivity index (χ0n) is 9.87. The highest BCUT2D eigenvalue weighted by Crippen LogP contribution is 2.54. The summed E-state index contributed by atoms with van der Waals surface area (Å²) >= 11 is 6.01. The number of hydrogen-bond donors (Lipinski definition) is 0. The smallest absolute Gasteiger partial charge is 0.0178 e. The Morgan fingerprint density at radius 1 is 1.29 bits per heavy atom. The molecule has 0 amide bonds. The van der Waals surface area contributed by atoms with Crippen LogP contribution in [-0.4, -0.2) is 0 Å². The van der Waals surface area contributed by atoms with E-state index in [9.17, 15) is 0 Å². The Hall–Kier alpha value is -0.0900. The molecule has 0 bridgehead atoms. The summed E-state index contributed by atoms with van der Waals surface area (Å²) in [5, 5.41) is 0. The number of allylic oxidation sites excluding steroid dienone is 4. The van der Waals surface area contributed by atoms with Crippen LogP contribution in [0.1, 0.15) is 30.9 Å². The van der Waals surface area contributed by atoms with Gasteiger partial charge < -0.3 is 0 Å². The molecule has 0 saturated heterocycles. The van der Waals surface area contributed by atoms with Gasteiger partial charge in [-0.25, -0.2) is 0 Å². The molecule has 3 rings (SSSR count). The summed E-state index contributed by atoms with van der Waals surface area (Å²) in [7, 11) is 0. The van der Waals surface area contributed by atoms with Crippen molar-refractivity contribution in [3.63, 3.8) is 0 Å². The van der Waals surface area contributed by atoms with Crippen molar-refractivity contribution in [3.05, 3.63) is 55.6 Å². The number of benzene rings is 1. The molecule has 17 heavy (non-hydrogen) atoms. The van der Waals surface area contributed by atoms with E-state index in [0.717, 1.165) is 0 Å². The molecule has 2 unspecified atom stereocenters. The van der Waals surface area contributed by atoms with Gasteiger partial charge in [-0.1, -0.05) is 54.1 Å². The molecule has 0 fully saturated rings. The highest BCUT2D eigenvalue weighted by Gasteiger charge is 2.44. The summed E-state index contributed by atoms with van der Waals surface area (Å²) in [4.78, 5) is 0. The first-order valence-electron chi connectivity index (χ1n) is 5.85. The second-order valence-electron chi connectivity index (χ2n) is 5.42. The average molecular weight is 401 g/mol. The van der Waals surface area contributed by atoms with Gasteiger partial charge in [0.1, 0.15) is 0 Å². The summed E-state index contributed by atoms with van der Waals surface area (Å²) in [5.74, 6) is 1.16. The van der Waals surface area contributed by atoms with Crippen molar-refractivity contribution in [2.24, 2.45) is 5.92 Å². The molecule has 0 nitrogen and oxygen atoms in total. The van der Waals surface area contributed by atoms with Gasteiger partial charge in [0.15, 0.2) is 0 Å².